The summed E-state index contributed by atoms with van der Waals surface area (Å²) in [7, 11) is 0. The van der Waals surface area contributed by atoms with E-state index in [-0.39, 0.29) is 0 Å². The molecule has 0 saturated carbocycles. The number of anilines is 1. The molecular formula is C26H28F4N2O2. The largest absolute Gasteiger partial charge is 0.493 e. The van der Waals surface area contributed by atoms with Crippen LogP contribution in [0.3, 0.4) is 0 Å². The predicted octanol–water partition coefficient (Wildman–Crippen LogP) is 6.00. The van der Waals surface area contributed by atoms with Gasteiger partial charge in [-0.1, -0.05) is 25.5 Å². The number of aliphatic hydroxyl groups is 1. The van der Waals surface area contributed by atoms with Crippen molar-refractivity contribution in [3.63, 3.8) is 0 Å². The fourth-order valence-corrected chi connectivity index (χ4v) is 4.72. The van der Waals surface area contributed by atoms with Gasteiger partial charge < -0.3 is 15.2 Å². The van der Waals surface area contributed by atoms with Crippen LogP contribution in [-0.2, 0) is 11.8 Å². The molecule has 1 unspecified atom stereocenters. The van der Waals surface area contributed by atoms with E-state index in [0.717, 1.165) is 5.56 Å². The highest BCUT2D eigenvalue weighted by atomic mass is 19.4. The summed E-state index contributed by atoms with van der Waals surface area (Å²) in [6, 6.07) is 9.75. The van der Waals surface area contributed by atoms with Crippen molar-refractivity contribution in [2.24, 2.45) is 0 Å². The number of fused-ring (bicyclic) bond motifs is 2. The Hall–Kier alpha value is -2.87. The summed E-state index contributed by atoms with van der Waals surface area (Å²) < 4.78 is 62.6. The van der Waals surface area contributed by atoms with Crippen molar-refractivity contribution in [3.05, 3.63) is 64.6 Å². The van der Waals surface area contributed by atoms with E-state index in [1.165, 1.54) is 12.1 Å². The average Bonchev–Trinajstić information content (AvgIpc) is 3.18. The number of hydrogen-bond acceptors (Lipinski definition) is 4. The molecule has 34 heavy (non-hydrogen) atoms. The molecule has 2 aromatic carbocycles. The monoisotopic (exact) mass is 476 g/mol. The lowest BCUT2D eigenvalue weighted by Gasteiger charge is -2.38. The third-order valence-corrected chi connectivity index (χ3v) is 6.40. The Bertz CT molecular complexity index is 1240. The molecule has 0 radical (unpaired) electrons. The number of benzene rings is 2. The molecule has 0 saturated heterocycles. The Balaban J connectivity index is 1.68. The van der Waals surface area contributed by atoms with Crippen LogP contribution in [0.15, 0.2) is 36.4 Å². The molecule has 1 aromatic heterocycles. The Labute approximate surface area is 196 Å². The maximum Gasteiger partial charge on any atom is 0.418 e. The molecule has 1 atom stereocenters. The van der Waals surface area contributed by atoms with Gasteiger partial charge in [0, 0.05) is 34.3 Å². The molecule has 0 bridgehead atoms. The van der Waals surface area contributed by atoms with Crippen molar-refractivity contribution in [2.75, 3.05) is 18.5 Å². The van der Waals surface area contributed by atoms with Gasteiger partial charge in [0.15, 0.2) is 5.60 Å². The summed E-state index contributed by atoms with van der Waals surface area (Å²) >= 11 is 0. The zero-order valence-corrected chi connectivity index (χ0v) is 19.6. The maximum absolute atomic E-state index is 14.3. The fraction of sp³-hybridized carbons (Fsp3) is 0.423. The second-order valence-electron chi connectivity index (χ2n) is 9.82. The summed E-state index contributed by atoms with van der Waals surface area (Å²) in [5, 5.41) is 14.5. The molecule has 3 aromatic rings. The number of aromatic nitrogens is 1. The first kappa shape index (κ1) is 24.3. The molecule has 0 spiro atoms. The molecule has 1 aliphatic heterocycles. The van der Waals surface area contributed by atoms with Gasteiger partial charge in [0.2, 0.25) is 0 Å². The van der Waals surface area contributed by atoms with E-state index < -0.39 is 36.0 Å². The van der Waals surface area contributed by atoms with Crippen molar-refractivity contribution >= 4 is 16.6 Å². The first-order valence-electron chi connectivity index (χ1n) is 11.2. The molecule has 182 valence electrons. The number of pyridine rings is 1. The Morgan fingerprint density at radius 3 is 2.53 bits per heavy atom. The maximum atomic E-state index is 14.3. The van der Waals surface area contributed by atoms with Crippen molar-refractivity contribution in [3.8, 4) is 5.75 Å². The quantitative estimate of drug-likeness (QED) is 0.429. The molecular weight excluding hydrogens is 448 g/mol. The van der Waals surface area contributed by atoms with Crippen molar-refractivity contribution in [1.29, 1.82) is 0 Å². The first-order chi connectivity index (χ1) is 15.8. The summed E-state index contributed by atoms with van der Waals surface area (Å²) in [5.74, 6) is -0.120. The Kier molecular flexibility index (Phi) is 6.00. The smallest absolute Gasteiger partial charge is 0.418 e. The Morgan fingerprint density at radius 2 is 1.82 bits per heavy atom. The van der Waals surface area contributed by atoms with Gasteiger partial charge in [-0.2, -0.15) is 13.2 Å². The minimum absolute atomic E-state index is 0.323. The third-order valence-electron chi connectivity index (χ3n) is 6.40. The van der Waals surface area contributed by atoms with Crippen LogP contribution in [0.2, 0.25) is 0 Å². The van der Waals surface area contributed by atoms with Crippen molar-refractivity contribution < 1.29 is 27.4 Å². The lowest BCUT2D eigenvalue weighted by Crippen LogP contribution is -2.53. The van der Waals surface area contributed by atoms with E-state index in [1.54, 1.807) is 26.8 Å². The highest BCUT2D eigenvalue weighted by Gasteiger charge is 2.56. The lowest BCUT2D eigenvalue weighted by molar-refractivity contribution is -0.260. The van der Waals surface area contributed by atoms with Gasteiger partial charge in [0.25, 0.3) is 0 Å². The lowest BCUT2D eigenvalue weighted by atomic mass is 9.74. The molecule has 4 rings (SSSR count). The number of rotatable bonds is 6. The zero-order chi connectivity index (χ0) is 24.9. The predicted molar refractivity (Wildman–Crippen MR) is 124 cm³/mol. The summed E-state index contributed by atoms with van der Waals surface area (Å²) in [5.41, 5.74) is -0.667. The second-order valence-corrected chi connectivity index (χ2v) is 9.82. The minimum Gasteiger partial charge on any atom is -0.493 e. The number of hydrogen-bond donors (Lipinski definition) is 2. The van der Waals surface area contributed by atoms with Crippen LogP contribution < -0.4 is 10.1 Å². The number of halogens is 4. The van der Waals surface area contributed by atoms with E-state index in [1.807, 2.05) is 25.1 Å². The number of alkyl halides is 3. The van der Waals surface area contributed by atoms with Gasteiger partial charge in [-0.15, -0.1) is 0 Å². The van der Waals surface area contributed by atoms with E-state index >= 15 is 0 Å². The van der Waals surface area contributed by atoms with E-state index in [0.29, 0.717) is 52.2 Å². The standard InChI is InChI=1S/C26H28F4N2O2/c1-15-5-6-21-19(9-15)22(10-16(2)32-21)31-14-25(33,26(28,29)30)13-24(3,4)20-12-18(27)11-17-7-8-34-23(17)20/h5-6,9-12,33H,7-8,13-14H2,1-4H3,(H,31,32). The van der Waals surface area contributed by atoms with Gasteiger partial charge in [-0.25, -0.2) is 4.39 Å². The molecule has 0 fully saturated rings. The highest BCUT2D eigenvalue weighted by Crippen LogP contribution is 2.46. The van der Waals surface area contributed by atoms with Crippen molar-refractivity contribution in [1.82, 2.24) is 4.98 Å². The van der Waals surface area contributed by atoms with Gasteiger partial charge in [0.05, 0.1) is 18.7 Å². The first-order valence-corrected chi connectivity index (χ1v) is 11.2. The summed E-state index contributed by atoms with van der Waals surface area (Å²) in [6.45, 7) is 6.35. The molecule has 8 heteroatoms. The number of nitrogens with zero attached hydrogens (tertiary/aromatic N) is 1. The molecule has 2 heterocycles. The number of aryl methyl sites for hydroxylation is 2. The van der Waals surface area contributed by atoms with Crippen LogP contribution in [0.5, 0.6) is 5.75 Å². The van der Waals surface area contributed by atoms with Crippen LogP contribution >= 0.6 is 0 Å². The van der Waals surface area contributed by atoms with E-state index in [9.17, 15) is 22.7 Å². The number of nitrogens with one attached hydrogen (secondary N) is 1. The topological polar surface area (TPSA) is 54.4 Å². The zero-order valence-electron chi connectivity index (χ0n) is 19.6. The molecule has 2 N–H and O–H groups in total. The van der Waals surface area contributed by atoms with Crippen molar-refractivity contribution in [2.45, 2.75) is 57.7 Å². The van der Waals surface area contributed by atoms with E-state index in [4.69, 9.17) is 4.74 Å². The second kappa shape index (κ2) is 8.41. The molecule has 4 nitrogen and oxygen atoms in total. The van der Waals surface area contributed by atoms with Crippen LogP contribution in [0, 0.1) is 19.7 Å². The van der Waals surface area contributed by atoms with Gasteiger partial charge in [-0.3, -0.25) is 4.98 Å². The molecule has 0 aliphatic carbocycles. The normalized spacial score (nSPS) is 15.7. The fourth-order valence-electron chi connectivity index (χ4n) is 4.72. The SMILES string of the molecule is Cc1ccc2nc(C)cc(NCC(O)(CC(C)(C)c3cc(F)cc4c3OCC4)C(F)(F)F)c2c1. The number of ether oxygens (including phenoxy) is 1. The summed E-state index contributed by atoms with van der Waals surface area (Å²) in [6.07, 6.45) is -5.12. The minimum atomic E-state index is -4.93. The third kappa shape index (κ3) is 4.56. The Morgan fingerprint density at radius 1 is 1.09 bits per heavy atom. The van der Waals surface area contributed by atoms with Gasteiger partial charge >= 0.3 is 6.18 Å². The average molecular weight is 477 g/mol. The molecule has 0 amide bonds. The van der Waals surface area contributed by atoms with Gasteiger partial charge in [-0.05, 0) is 56.0 Å². The highest BCUT2D eigenvalue weighted by molar-refractivity contribution is 5.92. The van der Waals surface area contributed by atoms with Crippen LogP contribution in [0.4, 0.5) is 23.2 Å². The van der Waals surface area contributed by atoms with Crippen LogP contribution in [0.25, 0.3) is 10.9 Å². The van der Waals surface area contributed by atoms with Crippen LogP contribution in [0.1, 0.15) is 42.7 Å². The molecule has 1 aliphatic rings. The van der Waals surface area contributed by atoms with Gasteiger partial charge in [0.1, 0.15) is 11.6 Å². The summed E-state index contributed by atoms with van der Waals surface area (Å²) in [4.78, 5) is 4.44. The van der Waals surface area contributed by atoms with E-state index in [2.05, 4.69) is 10.3 Å². The van der Waals surface area contributed by atoms with Crippen LogP contribution in [-0.4, -0.2) is 35.0 Å².